The molecule has 0 saturated heterocycles. The number of aromatic amines is 1. The van der Waals surface area contributed by atoms with Gasteiger partial charge in [0.2, 0.25) is 5.82 Å². The Kier molecular flexibility index (Phi) is 4.12. The quantitative estimate of drug-likeness (QED) is 0.923. The van der Waals surface area contributed by atoms with Crippen LogP contribution in [0.25, 0.3) is 0 Å². The van der Waals surface area contributed by atoms with E-state index in [1.54, 1.807) is 11.9 Å². The first-order valence-electron chi connectivity index (χ1n) is 6.57. The lowest BCUT2D eigenvalue weighted by Gasteiger charge is -2.14. The van der Waals surface area contributed by atoms with E-state index in [0.29, 0.717) is 6.54 Å². The molecule has 0 radical (unpaired) electrons. The number of nitrogens with zero attached hydrogens (tertiary/aromatic N) is 4. The average Bonchev–Trinajstić information content (AvgIpc) is 2.87. The van der Waals surface area contributed by atoms with Gasteiger partial charge in [0.25, 0.3) is 5.91 Å². The minimum Gasteiger partial charge on any atom is -0.333 e. The van der Waals surface area contributed by atoms with E-state index in [0.717, 1.165) is 17.2 Å². The Balaban J connectivity index is 2.08. The summed E-state index contributed by atoms with van der Waals surface area (Å²) in [7, 11) is 1.72. The molecule has 0 bridgehead atoms. The molecule has 6 nitrogen and oxygen atoms in total. The molecule has 0 unspecified atom stereocenters. The van der Waals surface area contributed by atoms with Gasteiger partial charge in [0.05, 0.1) is 12.2 Å². The molecule has 0 fully saturated rings. The van der Waals surface area contributed by atoms with Crippen molar-refractivity contribution < 1.29 is 4.79 Å². The zero-order valence-corrected chi connectivity index (χ0v) is 12.2. The van der Waals surface area contributed by atoms with Gasteiger partial charge in [0, 0.05) is 18.7 Å². The monoisotopic (exact) mass is 273 g/mol. The Labute approximate surface area is 118 Å². The summed E-state index contributed by atoms with van der Waals surface area (Å²) in [5.74, 6) is 0.920. The Bertz CT molecular complexity index is 605. The highest BCUT2D eigenvalue weighted by molar-refractivity contribution is 5.90. The number of amides is 1. The van der Waals surface area contributed by atoms with Crippen molar-refractivity contribution in [2.75, 3.05) is 7.05 Å². The largest absolute Gasteiger partial charge is 0.333 e. The van der Waals surface area contributed by atoms with Crippen LogP contribution in [0.15, 0.2) is 18.2 Å². The highest BCUT2D eigenvalue weighted by Crippen LogP contribution is 2.09. The van der Waals surface area contributed by atoms with Crippen LogP contribution in [0.3, 0.4) is 0 Å². The maximum atomic E-state index is 12.2. The highest BCUT2D eigenvalue weighted by Gasteiger charge is 2.18. The third-order valence-electron chi connectivity index (χ3n) is 2.93. The smallest absolute Gasteiger partial charge is 0.293 e. The molecule has 1 amide bonds. The van der Waals surface area contributed by atoms with E-state index < -0.39 is 0 Å². The highest BCUT2D eigenvalue weighted by atomic mass is 16.2. The van der Waals surface area contributed by atoms with Crippen LogP contribution < -0.4 is 0 Å². The number of carbonyl (C=O) groups is 1. The fourth-order valence-electron chi connectivity index (χ4n) is 1.80. The first-order valence-corrected chi connectivity index (χ1v) is 6.57. The molecular weight excluding hydrogens is 254 g/mol. The van der Waals surface area contributed by atoms with E-state index >= 15 is 0 Å². The van der Waals surface area contributed by atoms with E-state index in [2.05, 4.69) is 20.2 Å². The lowest BCUT2D eigenvalue weighted by atomic mass is 10.2. The standard InChI is InChI=1S/C14H19N5O/c1-9(2)12-16-13(18-17-12)14(20)19(4)8-11-7-5-6-10(3)15-11/h5-7,9H,8H2,1-4H3,(H,16,17,18). The summed E-state index contributed by atoms with van der Waals surface area (Å²) in [6, 6.07) is 5.75. The minimum absolute atomic E-state index is 0.198. The number of rotatable bonds is 4. The fourth-order valence-corrected chi connectivity index (χ4v) is 1.80. The molecular formula is C14H19N5O. The summed E-state index contributed by atoms with van der Waals surface area (Å²) in [6.07, 6.45) is 0. The summed E-state index contributed by atoms with van der Waals surface area (Å²) < 4.78 is 0. The van der Waals surface area contributed by atoms with Gasteiger partial charge in [-0.05, 0) is 19.1 Å². The zero-order valence-electron chi connectivity index (χ0n) is 12.2. The molecule has 6 heteroatoms. The second-order valence-electron chi connectivity index (χ2n) is 5.13. The first kappa shape index (κ1) is 14.2. The van der Waals surface area contributed by atoms with Gasteiger partial charge in [-0.1, -0.05) is 19.9 Å². The fraction of sp³-hybridized carbons (Fsp3) is 0.429. The Hall–Kier alpha value is -2.24. The molecule has 0 saturated carbocycles. The maximum Gasteiger partial charge on any atom is 0.293 e. The number of pyridine rings is 1. The zero-order chi connectivity index (χ0) is 14.7. The predicted molar refractivity (Wildman–Crippen MR) is 75.2 cm³/mol. The van der Waals surface area contributed by atoms with Crippen LogP contribution in [0.2, 0.25) is 0 Å². The van der Waals surface area contributed by atoms with Crippen molar-refractivity contribution in [1.29, 1.82) is 0 Å². The van der Waals surface area contributed by atoms with E-state index in [4.69, 9.17) is 0 Å². The molecule has 2 aromatic heterocycles. The number of aryl methyl sites for hydroxylation is 1. The molecule has 0 atom stereocenters. The van der Waals surface area contributed by atoms with Gasteiger partial charge < -0.3 is 4.90 Å². The third-order valence-corrected chi connectivity index (χ3v) is 2.93. The number of hydrogen-bond donors (Lipinski definition) is 1. The maximum absolute atomic E-state index is 12.2. The molecule has 20 heavy (non-hydrogen) atoms. The molecule has 2 aromatic rings. The van der Waals surface area contributed by atoms with Crippen molar-refractivity contribution in [1.82, 2.24) is 25.1 Å². The lowest BCUT2D eigenvalue weighted by Crippen LogP contribution is -2.27. The van der Waals surface area contributed by atoms with Gasteiger partial charge in [-0.25, -0.2) is 4.98 Å². The molecule has 1 N–H and O–H groups in total. The van der Waals surface area contributed by atoms with Crippen LogP contribution in [0, 0.1) is 6.92 Å². The predicted octanol–water partition coefficient (Wildman–Crippen LogP) is 1.90. The molecule has 0 spiro atoms. The molecule has 106 valence electrons. The van der Waals surface area contributed by atoms with Crippen LogP contribution in [-0.2, 0) is 6.54 Å². The molecule has 2 rings (SSSR count). The minimum atomic E-state index is -0.212. The third kappa shape index (κ3) is 3.20. The van der Waals surface area contributed by atoms with Crippen molar-refractivity contribution in [2.24, 2.45) is 0 Å². The normalized spacial score (nSPS) is 10.8. The van der Waals surface area contributed by atoms with Gasteiger partial charge in [-0.3, -0.25) is 14.9 Å². The van der Waals surface area contributed by atoms with Gasteiger partial charge >= 0.3 is 0 Å². The lowest BCUT2D eigenvalue weighted by molar-refractivity contribution is 0.0771. The molecule has 0 aromatic carbocycles. The van der Waals surface area contributed by atoms with Gasteiger partial charge in [0.15, 0.2) is 0 Å². The molecule has 0 aliphatic rings. The van der Waals surface area contributed by atoms with Crippen LogP contribution in [0.4, 0.5) is 0 Å². The summed E-state index contributed by atoms with van der Waals surface area (Å²) in [5, 5.41) is 6.76. The number of aromatic nitrogens is 4. The summed E-state index contributed by atoms with van der Waals surface area (Å²) in [4.78, 5) is 22.4. The topological polar surface area (TPSA) is 74.8 Å². The second-order valence-corrected chi connectivity index (χ2v) is 5.13. The van der Waals surface area contributed by atoms with Crippen molar-refractivity contribution in [3.05, 3.63) is 41.2 Å². The second kappa shape index (κ2) is 5.81. The van der Waals surface area contributed by atoms with Gasteiger partial charge in [0.1, 0.15) is 5.82 Å². The van der Waals surface area contributed by atoms with Crippen LogP contribution in [-0.4, -0.2) is 38.0 Å². The van der Waals surface area contributed by atoms with Crippen molar-refractivity contribution in [3.8, 4) is 0 Å². The summed E-state index contributed by atoms with van der Waals surface area (Å²) in [6.45, 7) is 6.35. The number of hydrogen-bond acceptors (Lipinski definition) is 4. The van der Waals surface area contributed by atoms with Crippen LogP contribution in [0.5, 0.6) is 0 Å². The molecule has 0 aliphatic heterocycles. The van der Waals surface area contributed by atoms with Crippen molar-refractivity contribution in [3.63, 3.8) is 0 Å². The average molecular weight is 273 g/mol. The SMILES string of the molecule is Cc1cccc(CN(C)C(=O)c2n[nH]c(C(C)C)n2)n1. The van der Waals surface area contributed by atoms with Gasteiger partial charge in [-0.2, -0.15) is 0 Å². The number of H-pyrrole nitrogens is 1. The van der Waals surface area contributed by atoms with Crippen molar-refractivity contribution >= 4 is 5.91 Å². The summed E-state index contributed by atoms with van der Waals surface area (Å²) >= 11 is 0. The Morgan fingerprint density at radius 3 is 2.70 bits per heavy atom. The molecule has 0 aliphatic carbocycles. The van der Waals surface area contributed by atoms with Crippen molar-refractivity contribution in [2.45, 2.75) is 33.2 Å². The van der Waals surface area contributed by atoms with E-state index in [1.807, 2.05) is 39.0 Å². The van der Waals surface area contributed by atoms with E-state index in [1.165, 1.54) is 0 Å². The Morgan fingerprint density at radius 2 is 2.10 bits per heavy atom. The summed E-state index contributed by atoms with van der Waals surface area (Å²) in [5.41, 5.74) is 1.78. The number of carbonyl (C=O) groups excluding carboxylic acids is 1. The van der Waals surface area contributed by atoms with E-state index in [9.17, 15) is 4.79 Å². The van der Waals surface area contributed by atoms with Crippen LogP contribution in [0.1, 0.15) is 47.6 Å². The molecule has 2 heterocycles. The van der Waals surface area contributed by atoms with E-state index in [-0.39, 0.29) is 17.6 Å². The van der Waals surface area contributed by atoms with Crippen LogP contribution >= 0.6 is 0 Å². The first-order chi connectivity index (χ1) is 9.47. The Morgan fingerprint density at radius 1 is 1.35 bits per heavy atom. The van der Waals surface area contributed by atoms with Gasteiger partial charge in [-0.15, -0.1) is 5.10 Å². The number of nitrogens with one attached hydrogen (secondary N) is 1.